The summed E-state index contributed by atoms with van der Waals surface area (Å²) in [5.74, 6) is 0.301. The summed E-state index contributed by atoms with van der Waals surface area (Å²) in [6.07, 6.45) is 4.17. The first kappa shape index (κ1) is 15.8. The average Bonchev–Trinajstić information content (AvgIpc) is 3.19. The van der Waals surface area contributed by atoms with Gasteiger partial charge in [0.15, 0.2) is 12.3 Å². The van der Waals surface area contributed by atoms with E-state index in [1.807, 2.05) is 18.2 Å². The number of carbonyl (C=O) groups is 2. The number of carbonyl (C=O) groups excluding carboxylic acids is 2. The van der Waals surface area contributed by atoms with E-state index in [1.54, 1.807) is 0 Å². The van der Waals surface area contributed by atoms with Crippen LogP contribution in [0.15, 0.2) is 27.1 Å². The van der Waals surface area contributed by atoms with E-state index in [-0.39, 0.29) is 17.6 Å². The Morgan fingerprint density at radius 2 is 2.00 bits per heavy atom. The van der Waals surface area contributed by atoms with E-state index >= 15 is 0 Å². The SMILES string of the molecule is O=C(C[NH+]1CCCC1)Nc1c(C(=O)C2CC2)oc2ccc(Br)cc12. The van der Waals surface area contributed by atoms with Gasteiger partial charge in [-0.05, 0) is 31.0 Å². The summed E-state index contributed by atoms with van der Waals surface area (Å²) >= 11 is 3.45. The zero-order valence-corrected chi connectivity index (χ0v) is 14.9. The van der Waals surface area contributed by atoms with Crippen LogP contribution in [0.5, 0.6) is 0 Å². The molecule has 2 fully saturated rings. The van der Waals surface area contributed by atoms with Crippen molar-refractivity contribution in [2.24, 2.45) is 5.92 Å². The van der Waals surface area contributed by atoms with Crippen LogP contribution in [0.4, 0.5) is 5.69 Å². The Bertz CT molecular complexity index is 804. The van der Waals surface area contributed by atoms with Crippen LogP contribution in [-0.4, -0.2) is 31.3 Å². The molecular weight excluding hydrogens is 372 g/mol. The molecule has 1 amide bonds. The van der Waals surface area contributed by atoms with Gasteiger partial charge in [-0.2, -0.15) is 0 Å². The van der Waals surface area contributed by atoms with Crippen LogP contribution in [0.3, 0.4) is 0 Å². The van der Waals surface area contributed by atoms with Gasteiger partial charge in [0.05, 0.1) is 18.8 Å². The van der Waals surface area contributed by atoms with E-state index < -0.39 is 0 Å². The van der Waals surface area contributed by atoms with Gasteiger partial charge in [-0.15, -0.1) is 0 Å². The van der Waals surface area contributed by atoms with Gasteiger partial charge in [-0.25, -0.2) is 0 Å². The molecule has 1 saturated carbocycles. The van der Waals surface area contributed by atoms with Gasteiger partial charge in [0, 0.05) is 28.6 Å². The highest BCUT2D eigenvalue weighted by molar-refractivity contribution is 9.10. The topological polar surface area (TPSA) is 63.8 Å². The molecule has 2 heterocycles. The largest absolute Gasteiger partial charge is 0.451 e. The Kier molecular flexibility index (Phi) is 4.18. The van der Waals surface area contributed by atoms with Crippen molar-refractivity contribution in [2.75, 3.05) is 25.0 Å². The third-order valence-corrected chi connectivity index (χ3v) is 5.30. The van der Waals surface area contributed by atoms with Gasteiger partial charge in [0.1, 0.15) is 5.58 Å². The fourth-order valence-corrected chi connectivity index (χ4v) is 3.72. The lowest BCUT2D eigenvalue weighted by molar-refractivity contribution is -0.878. The number of hydrogen-bond donors (Lipinski definition) is 2. The lowest BCUT2D eigenvalue weighted by Gasteiger charge is -2.12. The lowest BCUT2D eigenvalue weighted by Crippen LogP contribution is -3.11. The Morgan fingerprint density at radius 3 is 2.71 bits per heavy atom. The summed E-state index contributed by atoms with van der Waals surface area (Å²) in [4.78, 5) is 26.3. The maximum atomic E-state index is 12.5. The third-order valence-electron chi connectivity index (χ3n) is 4.81. The molecule has 1 aliphatic carbocycles. The van der Waals surface area contributed by atoms with Gasteiger partial charge in [0.2, 0.25) is 5.78 Å². The molecule has 126 valence electrons. The maximum absolute atomic E-state index is 12.5. The van der Waals surface area contributed by atoms with Gasteiger partial charge >= 0.3 is 0 Å². The molecule has 0 bridgehead atoms. The smallest absolute Gasteiger partial charge is 0.279 e. The number of benzene rings is 1. The van der Waals surface area contributed by atoms with Crippen molar-refractivity contribution in [3.05, 3.63) is 28.4 Å². The van der Waals surface area contributed by atoms with E-state index in [0.717, 1.165) is 35.8 Å². The Morgan fingerprint density at radius 1 is 1.25 bits per heavy atom. The molecule has 6 heteroatoms. The van der Waals surface area contributed by atoms with E-state index in [1.165, 1.54) is 17.7 Å². The molecule has 0 unspecified atom stereocenters. The molecule has 5 nitrogen and oxygen atoms in total. The first-order chi connectivity index (χ1) is 11.6. The van der Waals surface area contributed by atoms with Crippen molar-refractivity contribution in [2.45, 2.75) is 25.7 Å². The molecule has 4 rings (SSSR count). The highest BCUT2D eigenvalue weighted by atomic mass is 79.9. The predicted octanol–water partition coefficient (Wildman–Crippen LogP) is 2.41. The van der Waals surface area contributed by atoms with Gasteiger partial charge in [0.25, 0.3) is 5.91 Å². The molecule has 0 atom stereocenters. The number of nitrogens with one attached hydrogen (secondary N) is 2. The summed E-state index contributed by atoms with van der Waals surface area (Å²) in [7, 11) is 0. The molecule has 1 saturated heterocycles. The number of halogens is 1. The maximum Gasteiger partial charge on any atom is 0.279 e. The van der Waals surface area contributed by atoms with Gasteiger partial charge in [-0.3, -0.25) is 9.59 Å². The summed E-state index contributed by atoms with van der Waals surface area (Å²) in [6, 6.07) is 5.59. The molecule has 0 spiro atoms. The molecule has 1 aromatic heterocycles. The van der Waals surface area contributed by atoms with Crippen LogP contribution in [-0.2, 0) is 4.79 Å². The van der Waals surface area contributed by atoms with Crippen molar-refractivity contribution >= 4 is 44.3 Å². The number of quaternary nitrogens is 1. The minimum atomic E-state index is -0.0561. The first-order valence-electron chi connectivity index (χ1n) is 8.51. The molecule has 1 aromatic carbocycles. The number of Topliss-reactive ketones (excluding diaryl/α,β-unsaturated/α-hetero) is 1. The number of fused-ring (bicyclic) bond motifs is 1. The van der Waals surface area contributed by atoms with E-state index in [9.17, 15) is 9.59 Å². The van der Waals surface area contributed by atoms with Gasteiger partial charge in [-0.1, -0.05) is 15.9 Å². The third kappa shape index (κ3) is 3.13. The van der Waals surface area contributed by atoms with E-state index in [0.29, 0.717) is 23.6 Å². The fraction of sp³-hybridized carbons (Fsp3) is 0.444. The summed E-state index contributed by atoms with van der Waals surface area (Å²) in [5, 5.41) is 3.73. The molecule has 2 aromatic rings. The van der Waals surface area contributed by atoms with Crippen LogP contribution in [0.1, 0.15) is 36.2 Å². The molecule has 24 heavy (non-hydrogen) atoms. The number of furan rings is 1. The van der Waals surface area contributed by atoms with Crippen molar-refractivity contribution < 1.29 is 18.9 Å². The second kappa shape index (κ2) is 6.33. The quantitative estimate of drug-likeness (QED) is 0.769. The number of ketones is 1. The van der Waals surface area contributed by atoms with Crippen molar-refractivity contribution in [1.29, 1.82) is 0 Å². The molecule has 2 N–H and O–H groups in total. The zero-order valence-electron chi connectivity index (χ0n) is 13.4. The molecule has 1 aliphatic heterocycles. The minimum absolute atomic E-state index is 0.00569. The van der Waals surface area contributed by atoms with Crippen molar-refractivity contribution in [1.82, 2.24) is 0 Å². The van der Waals surface area contributed by atoms with Crippen LogP contribution in [0.25, 0.3) is 11.0 Å². The van der Waals surface area contributed by atoms with Crippen molar-refractivity contribution in [3.63, 3.8) is 0 Å². The zero-order chi connectivity index (χ0) is 16.7. The van der Waals surface area contributed by atoms with E-state index in [2.05, 4.69) is 21.2 Å². The normalized spacial score (nSPS) is 18.2. The number of amides is 1. The van der Waals surface area contributed by atoms with Crippen LogP contribution in [0.2, 0.25) is 0 Å². The van der Waals surface area contributed by atoms with Crippen LogP contribution >= 0.6 is 15.9 Å². The number of anilines is 1. The first-order valence-corrected chi connectivity index (χ1v) is 9.31. The monoisotopic (exact) mass is 391 g/mol. The highest BCUT2D eigenvalue weighted by Crippen LogP contribution is 2.39. The van der Waals surface area contributed by atoms with Crippen LogP contribution in [0, 0.1) is 5.92 Å². The van der Waals surface area contributed by atoms with Crippen LogP contribution < -0.4 is 10.2 Å². The number of likely N-dealkylation sites (tertiary alicyclic amines) is 1. The summed E-state index contributed by atoms with van der Waals surface area (Å²) in [6.45, 7) is 2.52. The second-order valence-electron chi connectivity index (χ2n) is 6.77. The highest BCUT2D eigenvalue weighted by Gasteiger charge is 2.35. The number of rotatable bonds is 5. The molecular formula is C18H20BrN2O3+. The summed E-state index contributed by atoms with van der Waals surface area (Å²) < 4.78 is 6.69. The Balaban J connectivity index is 1.65. The molecule has 2 aliphatic rings. The lowest BCUT2D eigenvalue weighted by atomic mass is 10.1. The Hall–Kier alpha value is -1.66. The van der Waals surface area contributed by atoms with Gasteiger partial charge < -0.3 is 14.6 Å². The van der Waals surface area contributed by atoms with E-state index in [4.69, 9.17) is 4.42 Å². The minimum Gasteiger partial charge on any atom is -0.451 e. The van der Waals surface area contributed by atoms with Crippen molar-refractivity contribution in [3.8, 4) is 0 Å². The second-order valence-corrected chi connectivity index (χ2v) is 7.68. The summed E-state index contributed by atoms with van der Waals surface area (Å²) in [5.41, 5.74) is 1.16. The average molecular weight is 392 g/mol. The standard InChI is InChI=1S/C18H19BrN2O3/c19-12-5-6-14-13(9-12)16(18(24-14)17(23)11-3-4-11)20-15(22)10-21-7-1-2-8-21/h5-6,9,11H,1-4,7-8,10H2,(H,20,22)/p+1. The fourth-order valence-electron chi connectivity index (χ4n) is 3.36. The molecule has 0 radical (unpaired) electrons. The Labute approximate surface area is 148 Å². The predicted molar refractivity (Wildman–Crippen MR) is 94.4 cm³/mol. The number of hydrogen-bond acceptors (Lipinski definition) is 3.